The summed E-state index contributed by atoms with van der Waals surface area (Å²) in [5.74, 6) is 1.27. The molecule has 0 aliphatic carbocycles. The molecule has 0 saturated carbocycles. The van der Waals surface area contributed by atoms with Crippen LogP contribution in [0.15, 0.2) is 18.9 Å². The molecule has 0 spiro atoms. The molecule has 1 saturated heterocycles. The molecule has 0 unspecified atom stereocenters. The summed E-state index contributed by atoms with van der Waals surface area (Å²) in [5.41, 5.74) is 0. The molecule has 2 rings (SSSR count). The second kappa shape index (κ2) is 5.95. The Morgan fingerprint density at radius 3 is 2.83 bits per heavy atom. The van der Waals surface area contributed by atoms with Crippen LogP contribution in [0.2, 0.25) is 0 Å². The SMILES string of the molecule is C=CCNc1nncc(N2CCN(C=O)CC2)n1. The Balaban J connectivity index is 2.00. The third-order valence-corrected chi connectivity index (χ3v) is 2.74. The van der Waals surface area contributed by atoms with Crippen molar-refractivity contribution in [3.63, 3.8) is 0 Å². The first kappa shape index (κ1) is 12.3. The van der Waals surface area contributed by atoms with Gasteiger partial charge in [0.2, 0.25) is 12.4 Å². The second-order valence-corrected chi connectivity index (χ2v) is 3.94. The molecule has 2 heterocycles. The molecule has 0 aromatic carbocycles. The van der Waals surface area contributed by atoms with Crippen LogP contribution in [-0.2, 0) is 4.79 Å². The minimum atomic E-state index is 0.491. The summed E-state index contributed by atoms with van der Waals surface area (Å²) in [5, 5.41) is 10.8. The van der Waals surface area contributed by atoms with Gasteiger partial charge in [0.25, 0.3) is 0 Å². The Hall–Kier alpha value is -2.18. The van der Waals surface area contributed by atoms with Gasteiger partial charge in [-0.05, 0) is 0 Å². The van der Waals surface area contributed by atoms with Crippen LogP contribution in [0.25, 0.3) is 0 Å². The fourth-order valence-corrected chi connectivity index (χ4v) is 1.74. The Morgan fingerprint density at radius 1 is 1.39 bits per heavy atom. The highest BCUT2D eigenvalue weighted by Gasteiger charge is 2.17. The maximum absolute atomic E-state index is 10.6. The summed E-state index contributed by atoms with van der Waals surface area (Å²) in [6, 6.07) is 0. The second-order valence-electron chi connectivity index (χ2n) is 3.94. The average Bonchev–Trinajstić information content (AvgIpc) is 2.45. The van der Waals surface area contributed by atoms with Crippen LogP contribution in [0.3, 0.4) is 0 Å². The summed E-state index contributed by atoms with van der Waals surface area (Å²) in [6.07, 6.45) is 4.25. The highest BCUT2D eigenvalue weighted by molar-refractivity contribution is 5.49. The highest BCUT2D eigenvalue weighted by atomic mass is 16.1. The van der Waals surface area contributed by atoms with E-state index in [1.165, 1.54) is 0 Å². The normalized spacial score (nSPS) is 15.3. The van der Waals surface area contributed by atoms with Crippen molar-refractivity contribution in [3.8, 4) is 0 Å². The zero-order chi connectivity index (χ0) is 12.8. The van der Waals surface area contributed by atoms with Crippen LogP contribution in [-0.4, -0.2) is 59.2 Å². The highest BCUT2D eigenvalue weighted by Crippen LogP contribution is 2.12. The molecule has 1 amide bonds. The van der Waals surface area contributed by atoms with E-state index in [9.17, 15) is 4.79 Å². The van der Waals surface area contributed by atoms with E-state index < -0.39 is 0 Å². The summed E-state index contributed by atoms with van der Waals surface area (Å²) in [6.45, 7) is 7.17. The first-order valence-corrected chi connectivity index (χ1v) is 5.82. The number of amides is 1. The van der Waals surface area contributed by atoms with Gasteiger partial charge in [-0.3, -0.25) is 4.79 Å². The third-order valence-electron chi connectivity index (χ3n) is 2.74. The van der Waals surface area contributed by atoms with E-state index in [2.05, 4.69) is 32.0 Å². The number of rotatable bonds is 5. The molecule has 1 aliphatic heterocycles. The predicted octanol–water partition coefficient (Wildman–Crippen LogP) is -0.252. The topological polar surface area (TPSA) is 74.2 Å². The van der Waals surface area contributed by atoms with Crippen molar-refractivity contribution in [1.82, 2.24) is 20.1 Å². The fourth-order valence-electron chi connectivity index (χ4n) is 1.74. The smallest absolute Gasteiger partial charge is 0.244 e. The number of nitrogens with zero attached hydrogens (tertiary/aromatic N) is 5. The minimum absolute atomic E-state index is 0.491. The van der Waals surface area contributed by atoms with E-state index in [-0.39, 0.29) is 0 Å². The number of hydrogen-bond acceptors (Lipinski definition) is 6. The molecule has 0 bridgehead atoms. The van der Waals surface area contributed by atoms with Gasteiger partial charge >= 0.3 is 0 Å². The van der Waals surface area contributed by atoms with Crippen LogP contribution in [0.1, 0.15) is 0 Å². The molecule has 7 heteroatoms. The maximum Gasteiger partial charge on any atom is 0.244 e. The average molecular weight is 248 g/mol. The van der Waals surface area contributed by atoms with Crippen LogP contribution in [0.5, 0.6) is 0 Å². The van der Waals surface area contributed by atoms with Gasteiger partial charge in [-0.2, -0.15) is 10.1 Å². The van der Waals surface area contributed by atoms with Gasteiger partial charge in [0.15, 0.2) is 5.82 Å². The van der Waals surface area contributed by atoms with Gasteiger partial charge in [-0.25, -0.2) is 0 Å². The molecule has 96 valence electrons. The van der Waals surface area contributed by atoms with E-state index in [0.717, 1.165) is 25.3 Å². The monoisotopic (exact) mass is 248 g/mol. The van der Waals surface area contributed by atoms with Crippen LogP contribution in [0, 0.1) is 0 Å². The summed E-state index contributed by atoms with van der Waals surface area (Å²) < 4.78 is 0. The Labute approximate surface area is 106 Å². The van der Waals surface area contributed by atoms with E-state index >= 15 is 0 Å². The number of anilines is 2. The lowest BCUT2D eigenvalue weighted by Crippen LogP contribution is -2.46. The van der Waals surface area contributed by atoms with Gasteiger partial charge in [0.1, 0.15) is 0 Å². The molecule has 1 aliphatic rings. The number of aromatic nitrogens is 3. The van der Waals surface area contributed by atoms with E-state index in [0.29, 0.717) is 25.6 Å². The molecular weight excluding hydrogens is 232 g/mol. The van der Waals surface area contributed by atoms with Crippen LogP contribution >= 0.6 is 0 Å². The van der Waals surface area contributed by atoms with Crippen molar-refractivity contribution in [3.05, 3.63) is 18.9 Å². The minimum Gasteiger partial charge on any atom is -0.352 e. The molecule has 1 aromatic heterocycles. The molecule has 0 radical (unpaired) electrons. The van der Waals surface area contributed by atoms with Crippen molar-refractivity contribution >= 4 is 18.2 Å². The molecule has 1 aromatic rings. The van der Waals surface area contributed by atoms with E-state index in [1.807, 2.05) is 0 Å². The molecule has 1 fully saturated rings. The number of carbonyl (C=O) groups is 1. The fraction of sp³-hybridized carbons (Fsp3) is 0.455. The Morgan fingerprint density at radius 2 is 2.17 bits per heavy atom. The molecule has 1 N–H and O–H groups in total. The van der Waals surface area contributed by atoms with Crippen molar-refractivity contribution < 1.29 is 4.79 Å². The number of carbonyl (C=O) groups excluding carboxylic acids is 1. The largest absolute Gasteiger partial charge is 0.352 e. The van der Waals surface area contributed by atoms with Gasteiger partial charge in [-0.15, -0.1) is 11.7 Å². The first-order chi connectivity index (χ1) is 8.83. The third kappa shape index (κ3) is 2.93. The maximum atomic E-state index is 10.6. The van der Waals surface area contributed by atoms with Gasteiger partial charge in [0, 0.05) is 32.7 Å². The standard InChI is InChI=1S/C11H16N6O/c1-2-3-12-11-14-10(8-13-15-11)17-6-4-16(9-18)5-7-17/h2,8-9H,1,3-7H2,(H,12,14,15). The molecule has 0 atom stereocenters. The lowest BCUT2D eigenvalue weighted by Gasteiger charge is -2.33. The quantitative estimate of drug-likeness (QED) is 0.572. The number of nitrogens with one attached hydrogen (secondary N) is 1. The summed E-state index contributed by atoms with van der Waals surface area (Å²) in [7, 11) is 0. The molecular formula is C11H16N6O. The zero-order valence-electron chi connectivity index (χ0n) is 10.1. The lowest BCUT2D eigenvalue weighted by molar-refractivity contribution is -0.118. The zero-order valence-corrected chi connectivity index (χ0v) is 10.1. The Bertz CT molecular complexity index is 416. The molecule has 7 nitrogen and oxygen atoms in total. The van der Waals surface area contributed by atoms with Crippen molar-refractivity contribution in [2.75, 3.05) is 42.9 Å². The van der Waals surface area contributed by atoms with Crippen molar-refractivity contribution in [1.29, 1.82) is 0 Å². The Kier molecular flexibility index (Phi) is 4.06. The van der Waals surface area contributed by atoms with Crippen molar-refractivity contribution in [2.45, 2.75) is 0 Å². The summed E-state index contributed by atoms with van der Waals surface area (Å²) in [4.78, 5) is 18.8. The van der Waals surface area contributed by atoms with Crippen LogP contribution < -0.4 is 10.2 Å². The van der Waals surface area contributed by atoms with E-state index in [1.54, 1.807) is 17.2 Å². The van der Waals surface area contributed by atoms with Gasteiger partial charge in [0.05, 0.1) is 6.20 Å². The molecule has 18 heavy (non-hydrogen) atoms. The first-order valence-electron chi connectivity index (χ1n) is 5.82. The number of hydrogen-bond donors (Lipinski definition) is 1. The lowest BCUT2D eigenvalue weighted by atomic mass is 10.3. The number of piperazine rings is 1. The van der Waals surface area contributed by atoms with E-state index in [4.69, 9.17) is 0 Å². The summed E-state index contributed by atoms with van der Waals surface area (Å²) >= 11 is 0. The van der Waals surface area contributed by atoms with Crippen LogP contribution in [0.4, 0.5) is 11.8 Å². The predicted molar refractivity (Wildman–Crippen MR) is 68.4 cm³/mol. The van der Waals surface area contributed by atoms with Gasteiger partial charge < -0.3 is 15.1 Å². The van der Waals surface area contributed by atoms with Gasteiger partial charge in [-0.1, -0.05) is 6.08 Å². The van der Waals surface area contributed by atoms with Crippen molar-refractivity contribution in [2.24, 2.45) is 0 Å².